The molecular weight excluding hydrogens is 258 g/mol. The Bertz CT molecular complexity index is 461. The van der Waals surface area contributed by atoms with E-state index in [1.54, 1.807) is 11.3 Å². The van der Waals surface area contributed by atoms with Crippen LogP contribution >= 0.6 is 11.3 Å². The summed E-state index contributed by atoms with van der Waals surface area (Å²) in [7, 11) is -3.01. The van der Waals surface area contributed by atoms with Crippen LogP contribution in [0, 0.1) is 6.92 Å². The molecule has 0 spiro atoms. The zero-order valence-corrected chi connectivity index (χ0v) is 11.5. The van der Waals surface area contributed by atoms with Crippen molar-refractivity contribution in [1.29, 1.82) is 0 Å². The van der Waals surface area contributed by atoms with Crippen molar-refractivity contribution in [2.75, 3.05) is 18.1 Å². The van der Waals surface area contributed by atoms with Gasteiger partial charge in [-0.15, -0.1) is 11.3 Å². The van der Waals surface area contributed by atoms with Gasteiger partial charge in [-0.05, 0) is 19.8 Å². The number of ether oxygens (including phenoxy) is 1. The Morgan fingerprint density at radius 1 is 1.59 bits per heavy atom. The Morgan fingerprint density at radius 2 is 2.41 bits per heavy atom. The molecule has 0 bridgehead atoms. The second-order valence-corrected chi connectivity index (χ2v) is 7.65. The van der Waals surface area contributed by atoms with Crippen molar-refractivity contribution in [2.45, 2.75) is 32.3 Å². The van der Waals surface area contributed by atoms with Gasteiger partial charge in [0.25, 0.3) is 0 Å². The van der Waals surface area contributed by atoms with Gasteiger partial charge < -0.3 is 4.74 Å². The maximum absolute atomic E-state index is 11.9. The Hall–Kier alpha value is -0.460. The molecule has 4 nitrogen and oxygen atoms in total. The molecule has 17 heavy (non-hydrogen) atoms. The third kappa shape index (κ3) is 4.04. The van der Waals surface area contributed by atoms with Crippen LogP contribution < -0.4 is 0 Å². The minimum absolute atomic E-state index is 0.0860. The fourth-order valence-corrected chi connectivity index (χ4v) is 4.09. The van der Waals surface area contributed by atoms with Crippen LogP contribution in [-0.4, -0.2) is 37.6 Å². The first kappa shape index (κ1) is 13.0. The molecule has 0 N–H and O–H groups in total. The number of hydrogen-bond acceptors (Lipinski definition) is 5. The van der Waals surface area contributed by atoms with E-state index >= 15 is 0 Å². The zero-order chi connectivity index (χ0) is 12.3. The lowest BCUT2D eigenvalue weighted by Gasteiger charge is -2.09. The van der Waals surface area contributed by atoms with E-state index in [1.165, 1.54) is 0 Å². The van der Waals surface area contributed by atoms with E-state index in [9.17, 15) is 8.42 Å². The topological polar surface area (TPSA) is 56.3 Å². The summed E-state index contributed by atoms with van der Waals surface area (Å²) in [6.07, 6.45) is 2.28. The maximum Gasteiger partial charge on any atom is 0.153 e. The van der Waals surface area contributed by atoms with Gasteiger partial charge in [0, 0.05) is 18.4 Å². The van der Waals surface area contributed by atoms with Crippen LogP contribution in [0.25, 0.3) is 0 Å². The molecule has 2 heterocycles. The van der Waals surface area contributed by atoms with E-state index in [0.717, 1.165) is 23.5 Å². The lowest BCUT2D eigenvalue weighted by Crippen LogP contribution is -2.23. The minimum Gasteiger partial charge on any atom is -0.377 e. The van der Waals surface area contributed by atoms with Crippen LogP contribution in [0.2, 0.25) is 0 Å². The Morgan fingerprint density at radius 3 is 3.00 bits per heavy atom. The summed E-state index contributed by atoms with van der Waals surface area (Å²) in [5, 5.41) is 2.91. The van der Waals surface area contributed by atoms with Crippen molar-refractivity contribution in [2.24, 2.45) is 0 Å². The van der Waals surface area contributed by atoms with Gasteiger partial charge in [-0.2, -0.15) is 0 Å². The summed E-state index contributed by atoms with van der Waals surface area (Å²) in [4.78, 5) is 4.27. The number of thiazole rings is 1. The normalized spacial score (nSPS) is 20.9. The van der Waals surface area contributed by atoms with Gasteiger partial charge in [0.05, 0.1) is 28.3 Å². The lowest BCUT2D eigenvalue weighted by atomic mass is 10.3. The van der Waals surface area contributed by atoms with Gasteiger partial charge in [0.15, 0.2) is 9.84 Å². The first-order valence-corrected chi connectivity index (χ1v) is 8.48. The molecule has 1 aliphatic heterocycles. The molecule has 1 aromatic rings. The maximum atomic E-state index is 11.9. The number of sulfone groups is 1. The zero-order valence-electron chi connectivity index (χ0n) is 9.89. The molecular formula is C11H17NO3S2. The molecule has 0 aromatic carbocycles. The summed E-state index contributed by atoms with van der Waals surface area (Å²) in [6.45, 7) is 2.63. The fraction of sp³-hybridized carbons (Fsp3) is 0.727. The molecule has 1 aromatic heterocycles. The molecule has 2 rings (SSSR count). The molecule has 96 valence electrons. The molecule has 1 aliphatic rings. The minimum atomic E-state index is -3.01. The summed E-state index contributed by atoms with van der Waals surface area (Å²) >= 11 is 1.56. The Labute approximate surface area is 106 Å². The lowest BCUT2D eigenvalue weighted by molar-refractivity contribution is 0.127. The van der Waals surface area contributed by atoms with Gasteiger partial charge in [-0.1, -0.05) is 0 Å². The molecule has 1 saturated heterocycles. The molecule has 1 atom stereocenters. The third-order valence-electron chi connectivity index (χ3n) is 2.80. The van der Waals surface area contributed by atoms with E-state index in [0.29, 0.717) is 13.0 Å². The second kappa shape index (κ2) is 5.46. The van der Waals surface area contributed by atoms with Gasteiger partial charge >= 0.3 is 0 Å². The van der Waals surface area contributed by atoms with Gasteiger partial charge in [-0.25, -0.2) is 13.4 Å². The molecule has 0 amide bonds. The summed E-state index contributed by atoms with van der Waals surface area (Å²) in [5.74, 6) is 0.339. The summed E-state index contributed by atoms with van der Waals surface area (Å²) in [5.41, 5.74) is 0.878. The van der Waals surface area contributed by atoms with Gasteiger partial charge in [0.2, 0.25) is 0 Å². The van der Waals surface area contributed by atoms with Crippen molar-refractivity contribution >= 4 is 21.2 Å². The summed E-state index contributed by atoms with van der Waals surface area (Å²) < 4.78 is 29.1. The van der Waals surface area contributed by atoms with Crippen molar-refractivity contribution in [3.63, 3.8) is 0 Å². The average Bonchev–Trinajstić information content (AvgIpc) is 2.86. The predicted octanol–water partition coefficient (Wildman–Crippen LogP) is 1.59. The first-order valence-electron chi connectivity index (χ1n) is 5.78. The highest BCUT2D eigenvalue weighted by Gasteiger charge is 2.23. The molecule has 0 radical (unpaired) electrons. The van der Waals surface area contributed by atoms with E-state index in [4.69, 9.17) is 4.74 Å². The van der Waals surface area contributed by atoms with Crippen LogP contribution in [0.15, 0.2) is 5.38 Å². The van der Waals surface area contributed by atoms with Gasteiger partial charge in [-0.3, -0.25) is 0 Å². The van der Waals surface area contributed by atoms with Crippen LogP contribution in [0.4, 0.5) is 0 Å². The third-order valence-corrected chi connectivity index (χ3v) is 5.33. The van der Waals surface area contributed by atoms with Crippen molar-refractivity contribution in [1.82, 2.24) is 4.98 Å². The number of hydrogen-bond donors (Lipinski definition) is 0. The number of aryl methyl sites for hydroxylation is 2. The highest BCUT2D eigenvalue weighted by molar-refractivity contribution is 7.91. The quantitative estimate of drug-likeness (QED) is 0.819. The molecule has 0 aliphatic carbocycles. The van der Waals surface area contributed by atoms with E-state index in [2.05, 4.69) is 4.98 Å². The highest BCUT2D eigenvalue weighted by atomic mass is 32.2. The standard InChI is InChI=1S/C11H17NO3S2/c1-9-12-10(7-16-9)4-6-17(13,14)8-11-3-2-5-15-11/h7,11H,2-6,8H2,1H3/t11-/m0/s1. The predicted molar refractivity (Wildman–Crippen MR) is 68.2 cm³/mol. The van der Waals surface area contributed by atoms with Crippen molar-refractivity contribution < 1.29 is 13.2 Å². The summed E-state index contributed by atoms with van der Waals surface area (Å²) in [6, 6.07) is 0. The van der Waals surface area contributed by atoms with E-state index < -0.39 is 9.84 Å². The monoisotopic (exact) mass is 275 g/mol. The van der Waals surface area contributed by atoms with Crippen LogP contribution in [-0.2, 0) is 21.0 Å². The molecule has 0 saturated carbocycles. The number of rotatable bonds is 5. The van der Waals surface area contributed by atoms with E-state index in [-0.39, 0.29) is 17.6 Å². The SMILES string of the molecule is Cc1nc(CCS(=O)(=O)C[C@@H]2CCCO2)cs1. The first-order chi connectivity index (χ1) is 8.05. The van der Waals surface area contributed by atoms with Crippen LogP contribution in [0.5, 0.6) is 0 Å². The van der Waals surface area contributed by atoms with Gasteiger partial charge in [0.1, 0.15) is 0 Å². The van der Waals surface area contributed by atoms with Crippen LogP contribution in [0.3, 0.4) is 0 Å². The number of aromatic nitrogens is 1. The van der Waals surface area contributed by atoms with Crippen LogP contribution in [0.1, 0.15) is 23.5 Å². The highest BCUT2D eigenvalue weighted by Crippen LogP contribution is 2.15. The van der Waals surface area contributed by atoms with Crippen molar-refractivity contribution in [3.8, 4) is 0 Å². The Kier molecular flexibility index (Phi) is 4.17. The van der Waals surface area contributed by atoms with Crippen molar-refractivity contribution in [3.05, 3.63) is 16.1 Å². The smallest absolute Gasteiger partial charge is 0.153 e. The fourth-order valence-electron chi connectivity index (χ4n) is 1.93. The average molecular weight is 275 g/mol. The Balaban J connectivity index is 1.84. The van der Waals surface area contributed by atoms with E-state index in [1.807, 2.05) is 12.3 Å². The molecule has 6 heteroatoms. The molecule has 0 unspecified atom stereocenters. The largest absolute Gasteiger partial charge is 0.377 e. The molecule has 1 fully saturated rings. The number of nitrogens with zero attached hydrogens (tertiary/aromatic N) is 1. The second-order valence-electron chi connectivity index (χ2n) is 4.36.